The molecule has 2 unspecified atom stereocenters. The van der Waals surface area contributed by atoms with Gasteiger partial charge in [-0.3, -0.25) is 9.59 Å². The van der Waals surface area contributed by atoms with Crippen LogP contribution in [0, 0.1) is 0 Å². The zero-order valence-corrected chi connectivity index (χ0v) is 63.5. The SMILES string of the molecule is CC/C=C\C/C=C\C/C=C\C/C=C\C/C=C\C/C=C\C/C=C\C/C=C\C/C=C\CCCCCCCCCCCCCC(=O)OC(COC(=O)CCCCCCCCCCCCCCCCCCCCCCCCCCCCCCCCCC)COC(OCC[N+](C)(C)C)C(=O)[O-]. The summed E-state index contributed by atoms with van der Waals surface area (Å²) in [5.41, 5.74) is 0. The maximum atomic E-state index is 13.0. The fourth-order valence-electron chi connectivity index (χ4n) is 11.7. The molecule has 9 nitrogen and oxygen atoms in total. The molecule has 0 N–H and O–H groups in total. The van der Waals surface area contributed by atoms with Crippen molar-refractivity contribution in [3.63, 3.8) is 0 Å². The van der Waals surface area contributed by atoms with E-state index in [2.05, 4.69) is 123 Å². The lowest BCUT2D eigenvalue weighted by atomic mass is 10.0. The van der Waals surface area contributed by atoms with Gasteiger partial charge >= 0.3 is 11.9 Å². The van der Waals surface area contributed by atoms with E-state index < -0.39 is 24.3 Å². The number of rotatable bonds is 75. The second-order valence-electron chi connectivity index (χ2n) is 28.3. The van der Waals surface area contributed by atoms with Crippen LogP contribution in [0.5, 0.6) is 0 Å². The van der Waals surface area contributed by atoms with Gasteiger partial charge in [0, 0.05) is 12.8 Å². The number of likely N-dealkylation sites (N-methyl/N-ethyl adjacent to an activating group) is 1. The first-order valence-corrected chi connectivity index (χ1v) is 40.5. The number of carbonyl (C=O) groups is 3. The Kier molecular flexibility index (Phi) is 73.5. The Labute approximate surface area is 594 Å². The van der Waals surface area contributed by atoms with Crippen molar-refractivity contribution in [3.8, 4) is 0 Å². The lowest BCUT2D eigenvalue weighted by Gasteiger charge is -2.26. The van der Waals surface area contributed by atoms with E-state index in [9.17, 15) is 19.5 Å². The van der Waals surface area contributed by atoms with Crippen molar-refractivity contribution in [1.29, 1.82) is 0 Å². The zero-order valence-electron chi connectivity index (χ0n) is 63.5. The van der Waals surface area contributed by atoms with Crippen molar-refractivity contribution in [1.82, 2.24) is 0 Å². The van der Waals surface area contributed by atoms with E-state index in [0.717, 1.165) is 103 Å². The van der Waals surface area contributed by atoms with Gasteiger partial charge in [0.15, 0.2) is 12.4 Å². The molecular formula is C87H153NO8. The highest BCUT2D eigenvalue weighted by Crippen LogP contribution is 2.19. The summed E-state index contributed by atoms with van der Waals surface area (Å²) in [7, 11) is 5.94. The molecule has 0 aliphatic carbocycles. The molecule has 96 heavy (non-hydrogen) atoms. The second kappa shape index (κ2) is 76.7. The quantitative estimate of drug-likeness (QED) is 0.0195. The van der Waals surface area contributed by atoms with Crippen molar-refractivity contribution < 1.29 is 42.9 Å². The van der Waals surface area contributed by atoms with E-state index in [-0.39, 0.29) is 32.2 Å². The molecular weight excluding hydrogens is 1190 g/mol. The minimum absolute atomic E-state index is 0.145. The second-order valence-corrected chi connectivity index (χ2v) is 28.3. The number of hydrogen-bond acceptors (Lipinski definition) is 8. The van der Waals surface area contributed by atoms with Crippen LogP contribution < -0.4 is 5.11 Å². The van der Waals surface area contributed by atoms with Crippen molar-refractivity contribution in [2.75, 3.05) is 47.5 Å². The third kappa shape index (κ3) is 77.3. The number of quaternary nitrogens is 1. The Bertz CT molecular complexity index is 1950. The van der Waals surface area contributed by atoms with Gasteiger partial charge in [-0.15, -0.1) is 0 Å². The smallest absolute Gasteiger partial charge is 0.306 e. The van der Waals surface area contributed by atoms with E-state index in [4.69, 9.17) is 18.9 Å². The lowest BCUT2D eigenvalue weighted by molar-refractivity contribution is -0.870. The Balaban J connectivity index is 4.05. The summed E-state index contributed by atoms with van der Waals surface area (Å²) in [6.45, 7) is 4.68. The number of carbonyl (C=O) groups excluding carboxylic acids is 3. The Morgan fingerprint density at radius 3 is 0.885 bits per heavy atom. The molecule has 0 aromatic carbocycles. The third-order valence-corrected chi connectivity index (χ3v) is 17.8. The summed E-state index contributed by atoms with van der Waals surface area (Å²) >= 11 is 0. The average molecular weight is 1340 g/mol. The molecule has 0 rings (SSSR count). The number of hydrogen-bond donors (Lipinski definition) is 0. The summed E-state index contributed by atoms with van der Waals surface area (Å²) in [6, 6.07) is 0. The highest BCUT2D eigenvalue weighted by atomic mass is 16.7. The summed E-state index contributed by atoms with van der Waals surface area (Å²) in [5.74, 6) is -2.27. The largest absolute Gasteiger partial charge is 0.545 e. The Hall–Kier alpha value is -4.05. The van der Waals surface area contributed by atoms with E-state index in [1.54, 1.807) is 0 Å². The molecule has 0 amide bonds. The predicted molar refractivity (Wildman–Crippen MR) is 412 cm³/mol. The minimum atomic E-state index is -1.63. The number of esters is 2. The number of carboxylic acids is 1. The standard InChI is InChI=1S/C87H153NO8/c1-6-8-10-12-14-16-18-20-22-24-26-28-30-32-34-36-38-40-41-42-43-44-45-46-48-50-52-54-56-58-60-62-64-66-68-70-72-74-76-78-85(90)96-83(82-95-87(86(91)92)93-80-79-88(3,4)5)81-94-84(89)77-75-73-71-69-67-65-63-61-59-57-55-53-51-49-47-39-37-35-33-31-29-27-25-23-21-19-17-15-13-11-9-7-2/h8,10,14,16,20,22,26,28,32,34,38,40,42-43,45-46,50,52,83,87H,6-7,9,11-13,15,17-19,21,23-25,27,29-31,33,35-37,39,41,44,47-49,51,53-82H2,1-5H3/b10-8-,16-14-,22-20-,28-26-,34-32-,40-38-,43-42-,46-45-,52-50-. The van der Waals surface area contributed by atoms with Gasteiger partial charge in [0.1, 0.15) is 13.2 Å². The van der Waals surface area contributed by atoms with Gasteiger partial charge in [-0.1, -0.05) is 380 Å². The average Bonchev–Trinajstić information content (AvgIpc) is 2.40. The molecule has 0 saturated heterocycles. The van der Waals surface area contributed by atoms with Crippen LogP contribution in [-0.2, 0) is 33.3 Å². The monoisotopic (exact) mass is 1340 g/mol. The number of carboxylic acid groups (broad SMARTS) is 1. The Morgan fingerprint density at radius 1 is 0.323 bits per heavy atom. The van der Waals surface area contributed by atoms with Crippen LogP contribution in [0.2, 0.25) is 0 Å². The van der Waals surface area contributed by atoms with E-state index in [1.165, 1.54) is 231 Å². The van der Waals surface area contributed by atoms with Crippen molar-refractivity contribution in [2.24, 2.45) is 0 Å². The van der Waals surface area contributed by atoms with Gasteiger partial charge in [0.05, 0.1) is 40.3 Å². The van der Waals surface area contributed by atoms with Gasteiger partial charge in [0.2, 0.25) is 0 Å². The fraction of sp³-hybridized carbons (Fsp3) is 0.759. The maximum absolute atomic E-state index is 13.0. The first-order valence-electron chi connectivity index (χ1n) is 40.5. The molecule has 0 bridgehead atoms. The summed E-state index contributed by atoms with van der Waals surface area (Å²) in [6.07, 6.45) is 105. The van der Waals surface area contributed by atoms with Crippen LogP contribution in [0.4, 0.5) is 0 Å². The number of nitrogens with zero attached hydrogens (tertiary/aromatic N) is 1. The van der Waals surface area contributed by atoms with E-state index in [1.807, 2.05) is 21.1 Å². The fourth-order valence-corrected chi connectivity index (χ4v) is 11.7. The van der Waals surface area contributed by atoms with Crippen LogP contribution >= 0.6 is 0 Å². The molecule has 554 valence electrons. The molecule has 9 heteroatoms. The highest BCUT2D eigenvalue weighted by Gasteiger charge is 2.22. The predicted octanol–water partition coefficient (Wildman–Crippen LogP) is 24.8. The molecule has 0 radical (unpaired) electrons. The molecule has 0 heterocycles. The molecule has 0 spiro atoms. The zero-order chi connectivity index (χ0) is 69.7. The summed E-state index contributed by atoms with van der Waals surface area (Å²) in [4.78, 5) is 37.6. The molecule has 0 aliphatic rings. The third-order valence-electron chi connectivity index (χ3n) is 17.8. The van der Waals surface area contributed by atoms with Crippen LogP contribution in [0.25, 0.3) is 0 Å². The first-order chi connectivity index (χ1) is 47.1. The van der Waals surface area contributed by atoms with E-state index in [0.29, 0.717) is 23.9 Å². The lowest BCUT2D eigenvalue weighted by Crippen LogP contribution is -2.44. The van der Waals surface area contributed by atoms with Crippen molar-refractivity contribution >= 4 is 17.9 Å². The molecule has 0 aliphatic heterocycles. The highest BCUT2D eigenvalue weighted by molar-refractivity contribution is 5.70. The number of aliphatic carboxylic acids is 1. The van der Waals surface area contributed by atoms with Gasteiger partial charge in [-0.05, 0) is 83.5 Å². The first kappa shape index (κ1) is 92.0. The molecule has 0 saturated carbocycles. The Morgan fingerprint density at radius 2 is 0.594 bits per heavy atom. The maximum Gasteiger partial charge on any atom is 0.306 e. The molecule has 2 atom stereocenters. The van der Waals surface area contributed by atoms with Crippen LogP contribution in [-0.4, -0.2) is 82.3 Å². The number of unbranched alkanes of at least 4 members (excludes halogenated alkanes) is 42. The van der Waals surface area contributed by atoms with Gasteiger partial charge in [0.25, 0.3) is 0 Å². The van der Waals surface area contributed by atoms with Crippen LogP contribution in [0.1, 0.15) is 367 Å². The van der Waals surface area contributed by atoms with Gasteiger partial charge in [-0.2, -0.15) is 0 Å². The van der Waals surface area contributed by atoms with Gasteiger partial charge < -0.3 is 33.3 Å². The number of allylic oxidation sites excluding steroid dienone is 18. The topological polar surface area (TPSA) is 111 Å². The summed E-state index contributed by atoms with van der Waals surface area (Å²) < 4.78 is 22.9. The number of ether oxygens (including phenoxy) is 4. The molecule has 0 aromatic rings. The normalized spacial score (nSPS) is 13.2. The van der Waals surface area contributed by atoms with Gasteiger partial charge in [-0.25, -0.2) is 0 Å². The van der Waals surface area contributed by atoms with E-state index >= 15 is 0 Å². The van der Waals surface area contributed by atoms with Crippen LogP contribution in [0.3, 0.4) is 0 Å². The van der Waals surface area contributed by atoms with Crippen molar-refractivity contribution in [2.45, 2.75) is 379 Å². The molecule has 0 fully saturated rings. The summed E-state index contributed by atoms with van der Waals surface area (Å²) in [5, 5.41) is 11.9. The molecule has 0 aromatic heterocycles. The van der Waals surface area contributed by atoms with Crippen LogP contribution in [0.15, 0.2) is 109 Å². The minimum Gasteiger partial charge on any atom is -0.545 e. The van der Waals surface area contributed by atoms with Crippen molar-refractivity contribution in [3.05, 3.63) is 109 Å².